The fourth-order valence-corrected chi connectivity index (χ4v) is 2.02. The van der Waals surface area contributed by atoms with E-state index in [0.717, 1.165) is 18.4 Å². The second-order valence-electron chi connectivity index (χ2n) is 5.41. The highest BCUT2D eigenvalue weighted by Gasteiger charge is 2.20. The summed E-state index contributed by atoms with van der Waals surface area (Å²) in [4.78, 5) is 2.50. The largest absolute Gasteiger partial charge is 0.371 e. The van der Waals surface area contributed by atoms with Crippen LogP contribution in [0.25, 0.3) is 0 Å². The minimum absolute atomic E-state index is 0.309. The minimum atomic E-state index is 0.309. The van der Waals surface area contributed by atoms with Gasteiger partial charge < -0.3 is 4.90 Å². The molecule has 0 atom stereocenters. The molecule has 0 spiro atoms. The lowest BCUT2D eigenvalue weighted by atomic mass is 9.95. The monoisotopic (exact) mass is 297 g/mol. The Labute approximate surface area is 114 Å². The van der Waals surface area contributed by atoms with Gasteiger partial charge in [-0.3, -0.25) is 0 Å². The number of hydrogen-bond donors (Lipinski definition) is 0. The molecule has 0 heterocycles. The molecule has 0 aliphatic heterocycles. The zero-order valence-electron chi connectivity index (χ0n) is 11.2. The first kappa shape index (κ1) is 14.6. The Bertz CT molecular complexity index is 308. The summed E-state index contributed by atoms with van der Waals surface area (Å²) < 4.78 is 0. The lowest BCUT2D eigenvalue weighted by Crippen LogP contribution is -2.36. The van der Waals surface area contributed by atoms with E-state index in [1.165, 1.54) is 18.5 Å². The van der Waals surface area contributed by atoms with Crippen molar-refractivity contribution in [1.29, 1.82) is 0 Å². The van der Waals surface area contributed by atoms with Crippen LogP contribution in [0.1, 0.15) is 33.6 Å². The number of hydrogen-bond acceptors (Lipinski definition) is 1. The maximum Gasteiger partial charge on any atom is 0.0366 e. The number of nitrogens with zero attached hydrogens (tertiary/aromatic N) is 1. The predicted octanol–water partition coefficient (Wildman–Crippen LogP) is 4.71. The molecule has 0 radical (unpaired) electrons. The number of para-hydroxylation sites is 1. The van der Waals surface area contributed by atoms with Crippen LogP contribution in [-0.2, 0) is 0 Å². The molecule has 2 heteroatoms. The quantitative estimate of drug-likeness (QED) is 0.659. The molecule has 0 bridgehead atoms. The Morgan fingerprint density at radius 1 is 1.18 bits per heavy atom. The Balaban J connectivity index is 2.74. The van der Waals surface area contributed by atoms with Crippen molar-refractivity contribution in [1.82, 2.24) is 0 Å². The lowest BCUT2D eigenvalue weighted by Gasteiger charge is -2.33. The molecule has 0 saturated heterocycles. The van der Waals surface area contributed by atoms with Gasteiger partial charge in [0.15, 0.2) is 0 Å². The fourth-order valence-electron chi connectivity index (χ4n) is 1.85. The molecule has 17 heavy (non-hydrogen) atoms. The summed E-state index contributed by atoms with van der Waals surface area (Å²) in [7, 11) is 0. The van der Waals surface area contributed by atoms with Gasteiger partial charge in [0.2, 0.25) is 0 Å². The molecule has 1 aromatic carbocycles. The van der Waals surface area contributed by atoms with Gasteiger partial charge in [-0.05, 0) is 24.0 Å². The highest BCUT2D eigenvalue weighted by atomic mass is 79.9. The zero-order valence-corrected chi connectivity index (χ0v) is 12.8. The number of alkyl halides is 1. The first-order chi connectivity index (χ1) is 8.09. The standard InChI is InChI=1S/C15H24BrN/c1-4-5-11-17(13-15(2,3)12-16)14-9-7-6-8-10-14/h6-10H,4-5,11-13H2,1-3H3. The summed E-state index contributed by atoms with van der Waals surface area (Å²) in [5.74, 6) is 0. The maximum absolute atomic E-state index is 3.61. The third-order valence-electron chi connectivity index (χ3n) is 2.88. The molecule has 0 unspecified atom stereocenters. The van der Waals surface area contributed by atoms with E-state index in [1.807, 2.05) is 0 Å². The normalized spacial score (nSPS) is 11.5. The van der Waals surface area contributed by atoms with E-state index in [2.05, 4.69) is 71.9 Å². The average molecular weight is 298 g/mol. The Morgan fingerprint density at radius 2 is 1.82 bits per heavy atom. The average Bonchev–Trinajstić information content (AvgIpc) is 2.35. The zero-order chi connectivity index (χ0) is 12.7. The van der Waals surface area contributed by atoms with Gasteiger partial charge in [0.25, 0.3) is 0 Å². The number of halogens is 1. The molecule has 96 valence electrons. The molecule has 0 aromatic heterocycles. The topological polar surface area (TPSA) is 3.24 Å². The summed E-state index contributed by atoms with van der Waals surface area (Å²) in [5.41, 5.74) is 1.65. The molecular formula is C15H24BrN. The van der Waals surface area contributed by atoms with Crippen LogP contribution < -0.4 is 4.90 Å². The van der Waals surface area contributed by atoms with Gasteiger partial charge in [-0.15, -0.1) is 0 Å². The van der Waals surface area contributed by atoms with E-state index in [-0.39, 0.29) is 0 Å². The van der Waals surface area contributed by atoms with E-state index in [0.29, 0.717) is 5.41 Å². The summed E-state index contributed by atoms with van der Waals surface area (Å²) in [6, 6.07) is 10.7. The van der Waals surface area contributed by atoms with Crippen molar-refractivity contribution < 1.29 is 0 Å². The van der Waals surface area contributed by atoms with Crippen LogP contribution >= 0.6 is 15.9 Å². The first-order valence-corrected chi connectivity index (χ1v) is 7.57. The van der Waals surface area contributed by atoms with Crippen molar-refractivity contribution in [3.63, 3.8) is 0 Å². The molecule has 0 aliphatic carbocycles. The number of unbranched alkanes of at least 4 members (excludes halogenated alkanes) is 1. The predicted molar refractivity (Wildman–Crippen MR) is 81.1 cm³/mol. The van der Waals surface area contributed by atoms with Crippen LogP contribution in [0.3, 0.4) is 0 Å². The highest BCUT2D eigenvalue weighted by Crippen LogP contribution is 2.24. The fraction of sp³-hybridized carbons (Fsp3) is 0.600. The number of anilines is 1. The van der Waals surface area contributed by atoms with Crippen molar-refractivity contribution in [2.24, 2.45) is 5.41 Å². The van der Waals surface area contributed by atoms with E-state index in [4.69, 9.17) is 0 Å². The lowest BCUT2D eigenvalue weighted by molar-refractivity contribution is 0.420. The van der Waals surface area contributed by atoms with Crippen molar-refractivity contribution in [3.8, 4) is 0 Å². The van der Waals surface area contributed by atoms with Crippen LogP contribution in [0, 0.1) is 5.41 Å². The maximum atomic E-state index is 3.61. The third kappa shape index (κ3) is 5.12. The molecule has 1 aromatic rings. The van der Waals surface area contributed by atoms with E-state index in [1.54, 1.807) is 0 Å². The van der Waals surface area contributed by atoms with E-state index < -0.39 is 0 Å². The van der Waals surface area contributed by atoms with Crippen LogP contribution in [0.2, 0.25) is 0 Å². The summed E-state index contributed by atoms with van der Waals surface area (Å²) in [6.07, 6.45) is 2.51. The number of rotatable bonds is 7. The van der Waals surface area contributed by atoms with Gasteiger partial charge in [0.05, 0.1) is 0 Å². The molecule has 0 aliphatic rings. The van der Waals surface area contributed by atoms with Gasteiger partial charge in [-0.25, -0.2) is 0 Å². The van der Waals surface area contributed by atoms with Crippen molar-refractivity contribution in [2.75, 3.05) is 23.3 Å². The molecule has 0 fully saturated rings. The van der Waals surface area contributed by atoms with Gasteiger partial charge in [-0.1, -0.05) is 61.3 Å². The Morgan fingerprint density at radius 3 is 2.35 bits per heavy atom. The summed E-state index contributed by atoms with van der Waals surface area (Å²) in [5, 5.41) is 1.04. The van der Waals surface area contributed by atoms with E-state index in [9.17, 15) is 0 Å². The summed E-state index contributed by atoms with van der Waals surface area (Å²) in [6.45, 7) is 9.12. The van der Waals surface area contributed by atoms with Crippen LogP contribution in [0.5, 0.6) is 0 Å². The van der Waals surface area contributed by atoms with Gasteiger partial charge in [-0.2, -0.15) is 0 Å². The second-order valence-corrected chi connectivity index (χ2v) is 5.97. The smallest absolute Gasteiger partial charge is 0.0366 e. The molecular weight excluding hydrogens is 274 g/mol. The molecule has 0 N–H and O–H groups in total. The van der Waals surface area contributed by atoms with E-state index >= 15 is 0 Å². The third-order valence-corrected chi connectivity index (χ3v) is 4.40. The molecule has 1 nitrogen and oxygen atoms in total. The minimum Gasteiger partial charge on any atom is -0.371 e. The highest BCUT2D eigenvalue weighted by molar-refractivity contribution is 9.09. The first-order valence-electron chi connectivity index (χ1n) is 6.45. The van der Waals surface area contributed by atoms with Crippen LogP contribution in [0.4, 0.5) is 5.69 Å². The van der Waals surface area contributed by atoms with Gasteiger partial charge in [0, 0.05) is 24.1 Å². The van der Waals surface area contributed by atoms with Crippen LogP contribution in [0.15, 0.2) is 30.3 Å². The van der Waals surface area contributed by atoms with Gasteiger partial charge in [0.1, 0.15) is 0 Å². The SMILES string of the molecule is CCCCN(CC(C)(C)CBr)c1ccccc1. The molecule has 0 saturated carbocycles. The van der Waals surface area contributed by atoms with Crippen molar-refractivity contribution in [3.05, 3.63) is 30.3 Å². The molecule has 1 rings (SSSR count). The molecule has 0 amide bonds. The number of benzene rings is 1. The Kier molecular flexibility index (Phi) is 6.04. The van der Waals surface area contributed by atoms with Crippen LogP contribution in [-0.4, -0.2) is 18.4 Å². The van der Waals surface area contributed by atoms with Crippen molar-refractivity contribution >= 4 is 21.6 Å². The van der Waals surface area contributed by atoms with Crippen molar-refractivity contribution in [2.45, 2.75) is 33.6 Å². The second kappa shape index (κ2) is 7.05. The van der Waals surface area contributed by atoms with Gasteiger partial charge >= 0.3 is 0 Å². The summed E-state index contributed by atoms with van der Waals surface area (Å²) >= 11 is 3.61. The Hall–Kier alpha value is -0.500.